The highest BCUT2D eigenvalue weighted by atomic mass is 16.3. The zero-order chi connectivity index (χ0) is 10.6. The van der Waals surface area contributed by atoms with Crippen LogP contribution >= 0.6 is 0 Å². The van der Waals surface area contributed by atoms with Crippen molar-refractivity contribution < 1.29 is 5.11 Å². The molecule has 1 unspecified atom stereocenters. The van der Waals surface area contributed by atoms with Crippen molar-refractivity contribution in [3.05, 3.63) is 0 Å². The summed E-state index contributed by atoms with van der Waals surface area (Å²) in [5, 5.41) is 16.1. The van der Waals surface area contributed by atoms with Crippen LogP contribution in [-0.4, -0.2) is 66.1 Å². The Bertz CT molecular complexity index is 189. The third-order valence-corrected chi connectivity index (χ3v) is 2.82. The predicted octanol–water partition coefficient (Wildman–Crippen LogP) is -1.08. The Morgan fingerprint density at radius 2 is 2.00 bits per heavy atom. The molecule has 1 aliphatic heterocycles. The molecule has 0 amide bonds. The predicted molar refractivity (Wildman–Crippen MR) is 56.5 cm³/mol. The van der Waals surface area contributed by atoms with Gasteiger partial charge in [0.05, 0.1) is 12.6 Å². The van der Waals surface area contributed by atoms with Crippen LogP contribution in [0.25, 0.3) is 0 Å². The van der Waals surface area contributed by atoms with Gasteiger partial charge in [0.1, 0.15) is 5.84 Å². The van der Waals surface area contributed by atoms with Crippen LogP contribution in [0.3, 0.4) is 0 Å². The van der Waals surface area contributed by atoms with E-state index in [2.05, 4.69) is 9.80 Å². The number of hydrogen-bond donors (Lipinski definition) is 3. The molecule has 4 N–H and O–H groups in total. The summed E-state index contributed by atoms with van der Waals surface area (Å²) in [4.78, 5) is 4.43. The normalized spacial score (nSPS) is 22.1. The summed E-state index contributed by atoms with van der Waals surface area (Å²) < 4.78 is 0. The largest absolute Gasteiger partial charge is 0.395 e. The van der Waals surface area contributed by atoms with Crippen LogP contribution in [0.2, 0.25) is 0 Å². The fraction of sp³-hybridized carbons (Fsp3) is 0.889. The first-order valence-corrected chi connectivity index (χ1v) is 5.06. The van der Waals surface area contributed by atoms with Crippen LogP contribution in [-0.2, 0) is 0 Å². The van der Waals surface area contributed by atoms with Crippen molar-refractivity contribution in [2.75, 3.05) is 39.3 Å². The number of amidine groups is 1. The maximum Gasteiger partial charge on any atom is 0.108 e. The summed E-state index contributed by atoms with van der Waals surface area (Å²) >= 11 is 0. The second kappa shape index (κ2) is 5.29. The number of nitrogens with two attached hydrogens (primary N) is 1. The highest BCUT2D eigenvalue weighted by Gasteiger charge is 2.21. The number of nitrogens with one attached hydrogen (secondary N) is 1. The van der Waals surface area contributed by atoms with Crippen molar-refractivity contribution in [2.24, 2.45) is 5.73 Å². The van der Waals surface area contributed by atoms with Gasteiger partial charge >= 0.3 is 0 Å². The molecule has 0 bridgehead atoms. The van der Waals surface area contributed by atoms with E-state index in [9.17, 15) is 0 Å². The van der Waals surface area contributed by atoms with Crippen LogP contribution in [0.5, 0.6) is 0 Å². The monoisotopic (exact) mass is 200 g/mol. The van der Waals surface area contributed by atoms with Crippen molar-refractivity contribution in [1.29, 1.82) is 5.41 Å². The number of hydrogen-bond acceptors (Lipinski definition) is 4. The highest BCUT2D eigenvalue weighted by Crippen LogP contribution is 2.05. The molecule has 1 rings (SSSR count). The number of piperazine rings is 1. The molecule has 14 heavy (non-hydrogen) atoms. The number of β-amino-alcohol motifs (C(OH)–C–C–N with tert-alkyl or cyclic N) is 1. The summed E-state index contributed by atoms with van der Waals surface area (Å²) in [7, 11) is 0. The van der Waals surface area contributed by atoms with Gasteiger partial charge in [-0.2, -0.15) is 0 Å². The molecule has 1 fully saturated rings. The van der Waals surface area contributed by atoms with Gasteiger partial charge in [-0.3, -0.25) is 15.2 Å². The lowest BCUT2D eigenvalue weighted by atomic mass is 10.2. The zero-order valence-electron chi connectivity index (χ0n) is 8.74. The third-order valence-electron chi connectivity index (χ3n) is 2.82. The molecule has 1 saturated heterocycles. The number of rotatable bonds is 4. The van der Waals surface area contributed by atoms with Crippen LogP contribution in [0.15, 0.2) is 0 Å². The summed E-state index contributed by atoms with van der Waals surface area (Å²) in [5.41, 5.74) is 5.45. The van der Waals surface area contributed by atoms with Crippen molar-refractivity contribution in [1.82, 2.24) is 9.80 Å². The first-order chi connectivity index (χ1) is 6.65. The van der Waals surface area contributed by atoms with Gasteiger partial charge in [0.25, 0.3) is 0 Å². The molecule has 0 aliphatic carbocycles. The Morgan fingerprint density at radius 3 is 2.43 bits per heavy atom. The Morgan fingerprint density at radius 1 is 1.43 bits per heavy atom. The first kappa shape index (κ1) is 11.4. The Hall–Kier alpha value is -0.650. The van der Waals surface area contributed by atoms with E-state index in [0.717, 1.165) is 32.7 Å². The third kappa shape index (κ3) is 2.94. The molecule has 0 aromatic heterocycles. The molecular weight excluding hydrogens is 180 g/mol. The highest BCUT2D eigenvalue weighted by molar-refractivity contribution is 5.82. The van der Waals surface area contributed by atoms with Gasteiger partial charge in [-0.05, 0) is 6.92 Å². The minimum atomic E-state index is 0.0475. The summed E-state index contributed by atoms with van der Waals surface area (Å²) in [6, 6.07) is 0.0475. The summed E-state index contributed by atoms with van der Waals surface area (Å²) in [6.07, 6.45) is 0. The minimum absolute atomic E-state index is 0.0475. The average molecular weight is 200 g/mol. The molecule has 0 spiro atoms. The van der Waals surface area contributed by atoms with Crippen LogP contribution < -0.4 is 5.73 Å². The number of aliphatic hydroxyl groups is 1. The molecule has 5 nitrogen and oxygen atoms in total. The lowest BCUT2D eigenvalue weighted by Crippen LogP contribution is -2.53. The van der Waals surface area contributed by atoms with Crippen molar-refractivity contribution >= 4 is 5.84 Å². The Kier molecular flexibility index (Phi) is 4.31. The van der Waals surface area contributed by atoms with E-state index in [-0.39, 0.29) is 18.5 Å². The van der Waals surface area contributed by atoms with Gasteiger partial charge in [-0.15, -0.1) is 0 Å². The smallest absolute Gasteiger partial charge is 0.108 e. The van der Waals surface area contributed by atoms with E-state index in [4.69, 9.17) is 16.2 Å². The SMILES string of the molecule is CC(C(=N)N)N1CCN(CCO)CC1. The second-order valence-electron chi connectivity index (χ2n) is 3.73. The van der Waals surface area contributed by atoms with Crippen LogP contribution in [0, 0.1) is 5.41 Å². The van der Waals surface area contributed by atoms with E-state index in [0.29, 0.717) is 0 Å². The van der Waals surface area contributed by atoms with Gasteiger partial charge in [0.2, 0.25) is 0 Å². The quantitative estimate of drug-likeness (QED) is 0.398. The van der Waals surface area contributed by atoms with E-state index < -0.39 is 0 Å². The topological polar surface area (TPSA) is 76.6 Å². The van der Waals surface area contributed by atoms with Gasteiger partial charge < -0.3 is 10.8 Å². The van der Waals surface area contributed by atoms with E-state index in [1.165, 1.54) is 0 Å². The van der Waals surface area contributed by atoms with Crippen LogP contribution in [0.1, 0.15) is 6.92 Å². The van der Waals surface area contributed by atoms with Crippen molar-refractivity contribution in [2.45, 2.75) is 13.0 Å². The fourth-order valence-electron chi connectivity index (χ4n) is 1.71. The number of nitrogens with zero attached hydrogens (tertiary/aromatic N) is 2. The lowest BCUT2D eigenvalue weighted by molar-refractivity contribution is 0.104. The van der Waals surface area contributed by atoms with E-state index in [1.54, 1.807) is 0 Å². The van der Waals surface area contributed by atoms with Gasteiger partial charge in [0, 0.05) is 32.7 Å². The van der Waals surface area contributed by atoms with Gasteiger partial charge in [-0.25, -0.2) is 0 Å². The zero-order valence-corrected chi connectivity index (χ0v) is 8.74. The Labute approximate surface area is 85.0 Å². The van der Waals surface area contributed by atoms with Gasteiger partial charge in [-0.1, -0.05) is 0 Å². The molecular formula is C9H20N4O. The molecule has 0 aromatic rings. The summed E-state index contributed by atoms with van der Waals surface area (Å²) in [6.45, 7) is 6.71. The van der Waals surface area contributed by atoms with E-state index >= 15 is 0 Å². The number of aliphatic hydroxyl groups excluding tert-OH is 1. The second-order valence-corrected chi connectivity index (χ2v) is 3.73. The Balaban J connectivity index is 2.31. The molecule has 0 aromatic carbocycles. The minimum Gasteiger partial charge on any atom is -0.395 e. The first-order valence-electron chi connectivity index (χ1n) is 5.06. The summed E-state index contributed by atoms with van der Waals surface area (Å²) in [5.74, 6) is 0.237. The van der Waals surface area contributed by atoms with Crippen LogP contribution in [0.4, 0.5) is 0 Å². The molecule has 82 valence electrons. The standard InChI is InChI=1S/C9H20N4O/c1-8(9(10)11)13-4-2-12(3-5-13)6-7-14/h8,14H,2-7H2,1H3,(H3,10,11). The molecule has 0 radical (unpaired) electrons. The maximum absolute atomic E-state index is 8.77. The molecule has 0 saturated carbocycles. The van der Waals surface area contributed by atoms with Crippen molar-refractivity contribution in [3.63, 3.8) is 0 Å². The average Bonchev–Trinajstić information content (AvgIpc) is 2.18. The molecule has 1 atom stereocenters. The van der Waals surface area contributed by atoms with Crippen molar-refractivity contribution in [3.8, 4) is 0 Å². The fourth-order valence-corrected chi connectivity index (χ4v) is 1.71. The molecule has 1 aliphatic rings. The van der Waals surface area contributed by atoms with E-state index in [1.807, 2.05) is 6.92 Å². The maximum atomic E-state index is 8.77. The molecule has 5 heteroatoms. The van der Waals surface area contributed by atoms with Gasteiger partial charge in [0.15, 0.2) is 0 Å². The lowest BCUT2D eigenvalue weighted by Gasteiger charge is -2.37. The molecule has 1 heterocycles.